The van der Waals surface area contributed by atoms with E-state index in [0.717, 1.165) is 17.9 Å². The zero-order valence-corrected chi connectivity index (χ0v) is 13.6. The van der Waals surface area contributed by atoms with Gasteiger partial charge in [0.15, 0.2) is 0 Å². The highest BCUT2D eigenvalue weighted by atomic mass is 32.2. The van der Waals surface area contributed by atoms with Gasteiger partial charge in [-0.25, -0.2) is 0 Å². The van der Waals surface area contributed by atoms with Crippen molar-refractivity contribution >= 4 is 29.0 Å². The molecular formula is C15H25N3OS. The number of hydrogen-bond donors (Lipinski definition) is 1. The zero-order chi connectivity index (χ0) is 15.1. The van der Waals surface area contributed by atoms with Crippen molar-refractivity contribution in [3.63, 3.8) is 0 Å². The first-order valence-electron chi connectivity index (χ1n) is 6.77. The van der Waals surface area contributed by atoms with E-state index in [0.29, 0.717) is 18.3 Å². The van der Waals surface area contributed by atoms with Gasteiger partial charge in [-0.1, -0.05) is 0 Å². The van der Waals surface area contributed by atoms with Crippen molar-refractivity contribution in [3.8, 4) is 0 Å². The number of nitrogen functional groups attached to an aromatic ring is 1. The largest absolute Gasteiger partial charge is 0.399 e. The van der Waals surface area contributed by atoms with E-state index in [4.69, 9.17) is 5.73 Å². The Morgan fingerprint density at radius 1 is 1.30 bits per heavy atom. The molecule has 1 unspecified atom stereocenters. The molecule has 0 radical (unpaired) electrons. The van der Waals surface area contributed by atoms with Crippen LogP contribution < -0.4 is 10.6 Å². The summed E-state index contributed by atoms with van der Waals surface area (Å²) in [5, 5.41) is 0. The number of likely N-dealkylation sites (N-methyl/N-ethyl adjacent to an activating group) is 2. The molecule has 1 aromatic rings. The van der Waals surface area contributed by atoms with E-state index in [1.165, 1.54) is 0 Å². The van der Waals surface area contributed by atoms with E-state index in [2.05, 4.69) is 18.1 Å². The van der Waals surface area contributed by atoms with Crippen LogP contribution in [0.1, 0.15) is 13.3 Å². The molecule has 4 nitrogen and oxygen atoms in total. The summed E-state index contributed by atoms with van der Waals surface area (Å²) in [5.74, 6) is 1.21. The number of nitrogens with two attached hydrogens (primary N) is 1. The van der Waals surface area contributed by atoms with Gasteiger partial charge < -0.3 is 10.6 Å². The highest BCUT2D eigenvalue weighted by Crippen LogP contribution is 2.15. The molecule has 5 heteroatoms. The molecule has 0 bridgehead atoms. The van der Waals surface area contributed by atoms with E-state index < -0.39 is 0 Å². The van der Waals surface area contributed by atoms with Gasteiger partial charge in [-0.2, -0.15) is 11.8 Å². The van der Waals surface area contributed by atoms with Crippen LogP contribution in [-0.2, 0) is 4.79 Å². The summed E-state index contributed by atoms with van der Waals surface area (Å²) in [6.45, 7) is 2.59. The fourth-order valence-corrected chi connectivity index (χ4v) is 2.40. The second kappa shape index (κ2) is 8.17. The van der Waals surface area contributed by atoms with Crippen molar-refractivity contribution in [2.75, 3.05) is 43.3 Å². The number of anilines is 2. The van der Waals surface area contributed by atoms with Gasteiger partial charge in [0, 0.05) is 24.5 Å². The molecule has 1 aromatic carbocycles. The van der Waals surface area contributed by atoms with Crippen LogP contribution >= 0.6 is 11.8 Å². The summed E-state index contributed by atoms with van der Waals surface area (Å²) in [4.78, 5) is 16.0. The topological polar surface area (TPSA) is 49.6 Å². The average molecular weight is 295 g/mol. The summed E-state index contributed by atoms with van der Waals surface area (Å²) in [6, 6.07) is 7.76. The number of thioether (sulfide) groups is 1. The molecule has 0 spiro atoms. The molecule has 0 aliphatic carbocycles. The SMILES string of the molecule is CSCCC(C)N(C)CC(=O)N(C)c1ccc(N)cc1. The van der Waals surface area contributed by atoms with Crippen molar-refractivity contribution in [2.45, 2.75) is 19.4 Å². The monoisotopic (exact) mass is 295 g/mol. The van der Waals surface area contributed by atoms with Gasteiger partial charge in [-0.3, -0.25) is 9.69 Å². The first-order chi connectivity index (χ1) is 9.45. The summed E-state index contributed by atoms with van der Waals surface area (Å²) >= 11 is 1.84. The number of carbonyl (C=O) groups excluding carboxylic acids is 1. The minimum atomic E-state index is 0.0910. The Balaban J connectivity index is 2.54. The first kappa shape index (κ1) is 16.9. The van der Waals surface area contributed by atoms with Crippen LogP contribution in [0.15, 0.2) is 24.3 Å². The fourth-order valence-electron chi connectivity index (χ4n) is 1.83. The van der Waals surface area contributed by atoms with Gasteiger partial charge in [0.2, 0.25) is 5.91 Å². The molecule has 0 heterocycles. The molecule has 1 atom stereocenters. The standard InChI is InChI=1S/C15H25N3OS/c1-12(9-10-20-4)17(2)11-15(19)18(3)14-7-5-13(16)6-8-14/h5-8,12H,9-11,16H2,1-4H3. The summed E-state index contributed by atoms with van der Waals surface area (Å²) in [7, 11) is 3.80. The highest BCUT2D eigenvalue weighted by Gasteiger charge is 2.16. The third-order valence-corrected chi connectivity index (χ3v) is 4.18. The van der Waals surface area contributed by atoms with Crippen molar-refractivity contribution < 1.29 is 4.79 Å². The molecule has 2 N–H and O–H groups in total. The number of rotatable bonds is 7. The number of hydrogen-bond acceptors (Lipinski definition) is 4. The lowest BCUT2D eigenvalue weighted by Crippen LogP contribution is -2.40. The lowest BCUT2D eigenvalue weighted by molar-refractivity contribution is -0.119. The number of carbonyl (C=O) groups is 1. The minimum Gasteiger partial charge on any atom is -0.399 e. The molecule has 112 valence electrons. The third-order valence-electron chi connectivity index (χ3n) is 3.53. The molecule has 0 aliphatic heterocycles. The molecular weight excluding hydrogens is 270 g/mol. The number of nitrogens with zero attached hydrogens (tertiary/aromatic N) is 2. The van der Waals surface area contributed by atoms with Gasteiger partial charge >= 0.3 is 0 Å². The fraction of sp³-hybridized carbons (Fsp3) is 0.533. The van der Waals surface area contributed by atoms with Gasteiger partial charge in [0.25, 0.3) is 0 Å². The second-order valence-electron chi connectivity index (χ2n) is 5.09. The molecule has 0 saturated carbocycles. The van der Waals surface area contributed by atoms with Gasteiger partial charge in [0.05, 0.1) is 6.54 Å². The molecule has 0 fully saturated rings. The lowest BCUT2D eigenvalue weighted by atomic mass is 10.2. The number of benzene rings is 1. The third kappa shape index (κ3) is 5.06. The van der Waals surface area contributed by atoms with Crippen molar-refractivity contribution in [1.82, 2.24) is 4.90 Å². The zero-order valence-electron chi connectivity index (χ0n) is 12.8. The Morgan fingerprint density at radius 3 is 2.45 bits per heavy atom. The van der Waals surface area contributed by atoms with E-state index in [-0.39, 0.29) is 5.91 Å². The smallest absolute Gasteiger partial charge is 0.240 e. The van der Waals surface area contributed by atoms with Gasteiger partial charge in [-0.15, -0.1) is 0 Å². The van der Waals surface area contributed by atoms with Crippen LogP contribution in [0.4, 0.5) is 11.4 Å². The quantitative estimate of drug-likeness (QED) is 0.784. The maximum atomic E-state index is 12.3. The van der Waals surface area contributed by atoms with Crippen molar-refractivity contribution in [3.05, 3.63) is 24.3 Å². The van der Waals surface area contributed by atoms with E-state index in [9.17, 15) is 4.79 Å². The van der Waals surface area contributed by atoms with Gasteiger partial charge in [0.1, 0.15) is 0 Å². The predicted octanol–water partition coefficient (Wildman–Crippen LogP) is 2.31. The van der Waals surface area contributed by atoms with Crippen molar-refractivity contribution in [1.29, 1.82) is 0 Å². The van der Waals surface area contributed by atoms with Crippen LogP contribution in [0.3, 0.4) is 0 Å². The lowest BCUT2D eigenvalue weighted by Gasteiger charge is -2.26. The Hall–Kier alpha value is -1.20. The maximum Gasteiger partial charge on any atom is 0.240 e. The summed E-state index contributed by atoms with van der Waals surface area (Å²) in [5.41, 5.74) is 7.23. The van der Waals surface area contributed by atoms with Crippen LogP contribution in [0.2, 0.25) is 0 Å². The molecule has 20 heavy (non-hydrogen) atoms. The normalized spacial score (nSPS) is 12.4. The molecule has 1 rings (SSSR count). The predicted molar refractivity (Wildman–Crippen MR) is 89.4 cm³/mol. The molecule has 1 amide bonds. The Bertz CT molecular complexity index is 422. The summed E-state index contributed by atoms with van der Waals surface area (Å²) < 4.78 is 0. The highest BCUT2D eigenvalue weighted by molar-refractivity contribution is 7.98. The van der Waals surface area contributed by atoms with E-state index in [1.54, 1.807) is 11.9 Å². The Morgan fingerprint density at radius 2 is 1.90 bits per heavy atom. The molecule has 0 aliphatic rings. The van der Waals surface area contributed by atoms with Crippen LogP contribution in [0.25, 0.3) is 0 Å². The second-order valence-corrected chi connectivity index (χ2v) is 6.08. The molecule has 0 saturated heterocycles. The van der Waals surface area contributed by atoms with Crippen LogP contribution in [-0.4, -0.2) is 49.5 Å². The Labute approximate surface area is 126 Å². The van der Waals surface area contributed by atoms with E-state index >= 15 is 0 Å². The van der Waals surface area contributed by atoms with Crippen LogP contribution in [0.5, 0.6) is 0 Å². The average Bonchev–Trinajstić information content (AvgIpc) is 2.44. The minimum absolute atomic E-state index is 0.0910. The van der Waals surface area contributed by atoms with Gasteiger partial charge in [-0.05, 0) is 56.7 Å². The first-order valence-corrected chi connectivity index (χ1v) is 8.16. The van der Waals surface area contributed by atoms with Crippen molar-refractivity contribution in [2.24, 2.45) is 0 Å². The van der Waals surface area contributed by atoms with Crippen LogP contribution in [0, 0.1) is 0 Å². The Kier molecular flexibility index (Phi) is 6.88. The van der Waals surface area contributed by atoms with E-state index in [1.807, 2.05) is 43.1 Å². The molecule has 0 aromatic heterocycles. The maximum absolute atomic E-state index is 12.3. The summed E-state index contributed by atoms with van der Waals surface area (Å²) in [6.07, 6.45) is 3.20. The number of amides is 1.